The van der Waals surface area contributed by atoms with Gasteiger partial charge in [-0.2, -0.15) is 5.26 Å². The molecule has 1 amide bonds. The van der Waals surface area contributed by atoms with E-state index in [0.717, 1.165) is 15.0 Å². The van der Waals surface area contributed by atoms with Gasteiger partial charge >= 0.3 is 0 Å². The van der Waals surface area contributed by atoms with Gasteiger partial charge in [0.25, 0.3) is 5.91 Å². The first kappa shape index (κ1) is 16.4. The van der Waals surface area contributed by atoms with Crippen LogP contribution in [-0.4, -0.2) is 10.9 Å². The van der Waals surface area contributed by atoms with Crippen molar-refractivity contribution in [1.82, 2.24) is 4.98 Å². The number of anilines is 1. The fourth-order valence-electron chi connectivity index (χ4n) is 2.23. The molecule has 4 nitrogen and oxygen atoms in total. The number of carbonyl (C=O) groups excluding carboxylic acids is 1. The summed E-state index contributed by atoms with van der Waals surface area (Å²) in [7, 11) is 0. The predicted octanol–water partition coefficient (Wildman–Crippen LogP) is 5.01. The number of aryl methyl sites for hydroxylation is 1. The average molecular weight is 398 g/mol. The summed E-state index contributed by atoms with van der Waals surface area (Å²) in [5.74, 6) is -0.208. The molecular weight excluding hydrogens is 386 g/mol. The summed E-state index contributed by atoms with van der Waals surface area (Å²) < 4.78 is 0.947. The molecule has 1 N–H and O–H groups in total. The highest BCUT2D eigenvalue weighted by Crippen LogP contribution is 2.29. The lowest BCUT2D eigenvalue weighted by Gasteiger charge is -2.06. The lowest BCUT2D eigenvalue weighted by molar-refractivity contribution is 0.103. The van der Waals surface area contributed by atoms with E-state index in [-0.39, 0.29) is 5.91 Å². The van der Waals surface area contributed by atoms with Gasteiger partial charge in [0, 0.05) is 15.7 Å². The number of aromatic nitrogens is 1. The van der Waals surface area contributed by atoms with Gasteiger partial charge in [-0.25, -0.2) is 4.98 Å². The average Bonchev–Trinajstić information content (AvgIpc) is 2.99. The van der Waals surface area contributed by atoms with Gasteiger partial charge in [-0.15, -0.1) is 11.3 Å². The van der Waals surface area contributed by atoms with E-state index in [0.29, 0.717) is 21.8 Å². The first-order chi connectivity index (χ1) is 11.6. The molecule has 118 valence electrons. The van der Waals surface area contributed by atoms with Crippen molar-refractivity contribution < 1.29 is 4.79 Å². The van der Waals surface area contributed by atoms with Crippen molar-refractivity contribution in [3.63, 3.8) is 0 Å². The molecule has 0 saturated heterocycles. The Morgan fingerprint density at radius 2 is 2.00 bits per heavy atom. The van der Waals surface area contributed by atoms with E-state index in [2.05, 4.69) is 32.3 Å². The van der Waals surface area contributed by atoms with Crippen LogP contribution in [0.2, 0.25) is 0 Å². The molecule has 1 aromatic heterocycles. The Hall–Kier alpha value is -2.49. The van der Waals surface area contributed by atoms with Gasteiger partial charge in [-0.05, 0) is 43.3 Å². The third-order valence-corrected chi connectivity index (χ3v) is 4.81. The van der Waals surface area contributed by atoms with Crippen molar-refractivity contribution >= 4 is 38.9 Å². The number of rotatable bonds is 3. The molecule has 0 aliphatic carbocycles. The van der Waals surface area contributed by atoms with Gasteiger partial charge in [-0.1, -0.05) is 28.1 Å². The molecule has 0 spiro atoms. The highest BCUT2D eigenvalue weighted by molar-refractivity contribution is 9.10. The second-order valence-electron chi connectivity index (χ2n) is 5.06. The monoisotopic (exact) mass is 397 g/mol. The molecule has 1 heterocycles. The summed E-state index contributed by atoms with van der Waals surface area (Å²) in [6, 6.07) is 16.6. The molecule has 24 heavy (non-hydrogen) atoms. The number of benzene rings is 2. The Balaban J connectivity index is 1.95. The summed E-state index contributed by atoms with van der Waals surface area (Å²) in [5.41, 5.74) is 2.62. The standard InChI is InChI=1S/C18H12BrN3OS/c1-11-21-16(13-4-2-3-12(9-13)10-20)17(24-11)18(23)22-15-7-5-14(19)6-8-15/h2-9H,1H3,(H,22,23). The highest BCUT2D eigenvalue weighted by atomic mass is 79.9. The Kier molecular flexibility index (Phi) is 4.74. The van der Waals surface area contributed by atoms with Crippen molar-refractivity contribution in [2.75, 3.05) is 5.32 Å². The maximum absolute atomic E-state index is 12.6. The molecule has 0 bridgehead atoms. The van der Waals surface area contributed by atoms with Crippen molar-refractivity contribution in [3.8, 4) is 17.3 Å². The second-order valence-corrected chi connectivity index (χ2v) is 7.18. The van der Waals surface area contributed by atoms with Gasteiger partial charge in [0.2, 0.25) is 0 Å². The fourth-order valence-corrected chi connectivity index (χ4v) is 3.33. The first-order valence-corrected chi connectivity index (χ1v) is 8.72. The van der Waals surface area contributed by atoms with Gasteiger partial charge in [0.15, 0.2) is 0 Å². The van der Waals surface area contributed by atoms with Crippen LogP contribution in [0.15, 0.2) is 53.0 Å². The minimum Gasteiger partial charge on any atom is -0.321 e. The molecule has 0 fully saturated rings. The summed E-state index contributed by atoms with van der Waals surface area (Å²) in [6.45, 7) is 1.86. The van der Waals surface area contributed by atoms with E-state index >= 15 is 0 Å². The molecule has 3 rings (SSSR count). The largest absolute Gasteiger partial charge is 0.321 e. The van der Waals surface area contributed by atoms with E-state index in [4.69, 9.17) is 5.26 Å². The molecule has 0 atom stereocenters. The van der Waals surface area contributed by atoms with Crippen molar-refractivity contribution in [2.45, 2.75) is 6.92 Å². The van der Waals surface area contributed by atoms with Gasteiger partial charge in [-0.3, -0.25) is 4.79 Å². The number of thiazole rings is 1. The van der Waals surface area contributed by atoms with E-state index in [1.807, 2.05) is 37.3 Å². The molecule has 0 saturated carbocycles. The van der Waals surface area contributed by atoms with Crippen LogP contribution >= 0.6 is 27.3 Å². The lowest BCUT2D eigenvalue weighted by atomic mass is 10.1. The normalized spacial score (nSPS) is 10.2. The molecule has 3 aromatic rings. The smallest absolute Gasteiger partial charge is 0.268 e. The lowest BCUT2D eigenvalue weighted by Crippen LogP contribution is -2.11. The molecule has 2 aromatic carbocycles. The quantitative estimate of drug-likeness (QED) is 0.675. The van der Waals surface area contributed by atoms with Crippen LogP contribution in [0.4, 0.5) is 5.69 Å². The van der Waals surface area contributed by atoms with Crippen LogP contribution in [0.1, 0.15) is 20.2 Å². The van der Waals surface area contributed by atoms with E-state index < -0.39 is 0 Å². The second kappa shape index (κ2) is 6.95. The minimum absolute atomic E-state index is 0.208. The topological polar surface area (TPSA) is 65.8 Å². The Labute approximate surface area is 151 Å². The maximum atomic E-state index is 12.6. The van der Waals surface area contributed by atoms with Crippen LogP contribution in [0.5, 0.6) is 0 Å². The molecular formula is C18H12BrN3OS. The maximum Gasteiger partial charge on any atom is 0.268 e. The summed E-state index contributed by atoms with van der Waals surface area (Å²) in [5, 5.41) is 12.7. The zero-order chi connectivity index (χ0) is 17.1. The Morgan fingerprint density at radius 3 is 2.71 bits per heavy atom. The third kappa shape index (κ3) is 3.53. The highest BCUT2D eigenvalue weighted by Gasteiger charge is 2.18. The number of hydrogen-bond donors (Lipinski definition) is 1. The van der Waals surface area contributed by atoms with Crippen molar-refractivity contribution in [3.05, 3.63) is 68.5 Å². The van der Waals surface area contributed by atoms with E-state index in [9.17, 15) is 4.79 Å². The summed E-state index contributed by atoms with van der Waals surface area (Å²) in [6.07, 6.45) is 0. The molecule has 0 radical (unpaired) electrons. The first-order valence-electron chi connectivity index (χ1n) is 7.11. The van der Waals surface area contributed by atoms with Gasteiger partial charge in [0.05, 0.1) is 22.3 Å². The van der Waals surface area contributed by atoms with Crippen LogP contribution in [0.3, 0.4) is 0 Å². The van der Waals surface area contributed by atoms with E-state index in [1.165, 1.54) is 11.3 Å². The van der Waals surface area contributed by atoms with Crippen LogP contribution in [-0.2, 0) is 0 Å². The summed E-state index contributed by atoms with van der Waals surface area (Å²) in [4.78, 5) is 17.7. The van der Waals surface area contributed by atoms with Gasteiger partial charge in [0.1, 0.15) is 4.88 Å². The number of amides is 1. The Morgan fingerprint density at radius 1 is 1.25 bits per heavy atom. The fraction of sp³-hybridized carbons (Fsp3) is 0.0556. The van der Waals surface area contributed by atoms with Crippen LogP contribution in [0, 0.1) is 18.3 Å². The number of nitrogens with zero attached hydrogens (tertiary/aromatic N) is 2. The minimum atomic E-state index is -0.208. The summed E-state index contributed by atoms with van der Waals surface area (Å²) >= 11 is 4.71. The van der Waals surface area contributed by atoms with Crippen molar-refractivity contribution in [1.29, 1.82) is 5.26 Å². The van der Waals surface area contributed by atoms with Crippen molar-refractivity contribution in [2.24, 2.45) is 0 Å². The molecule has 0 aliphatic heterocycles. The SMILES string of the molecule is Cc1nc(-c2cccc(C#N)c2)c(C(=O)Nc2ccc(Br)cc2)s1. The number of nitrogens with one attached hydrogen (secondary N) is 1. The number of halogens is 1. The molecule has 6 heteroatoms. The Bertz CT molecular complexity index is 942. The van der Waals surface area contributed by atoms with E-state index in [1.54, 1.807) is 18.2 Å². The number of nitriles is 1. The number of carbonyl (C=O) groups is 1. The van der Waals surface area contributed by atoms with Crippen LogP contribution in [0.25, 0.3) is 11.3 Å². The zero-order valence-corrected chi connectivity index (χ0v) is 15.1. The predicted molar refractivity (Wildman–Crippen MR) is 99.1 cm³/mol. The van der Waals surface area contributed by atoms with Gasteiger partial charge < -0.3 is 5.32 Å². The van der Waals surface area contributed by atoms with Crippen LogP contribution < -0.4 is 5.32 Å². The third-order valence-electron chi connectivity index (χ3n) is 3.31. The molecule has 0 aliphatic rings. The number of hydrogen-bond acceptors (Lipinski definition) is 4. The molecule has 0 unspecified atom stereocenters. The zero-order valence-electron chi connectivity index (χ0n) is 12.7.